The van der Waals surface area contributed by atoms with Crippen LogP contribution in [0.5, 0.6) is 5.75 Å². The van der Waals surface area contributed by atoms with Crippen LogP contribution in [-0.4, -0.2) is 39.8 Å². The maximum atomic E-state index is 12.3. The molecular formula is C19H15Br2N3O4S. The van der Waals surface area contributed by atoms with Crippen LogP contribution >= 0.6 is 44.1 Å². The average Bonchev–Trinajstić information content (AvgIpc) is 2.85. The monoisotopic (exact) mass is 539 g/mol. The number of non-ortho nitro benzene ring substituents is 1. The van der Waals surface area contributed by atoms with Crippen LogP contribution in [0.25, 0.3) is 6.08 Å². The summed E-state index contributed by atoms with van der Waals surface area (Å²) in [6.45, 7) is 0.246. The molecule has 0 atom stereocenters. The molecule has 0 N–H and O–H groups in total. The lowest BCUT2D eigenvalue weighted by Gasteiger charge is -2.13. The number of nitro benzene ring substituents is 1. The lowest BCUT2D eigenvalue weighted by atomic mass is 10.1. The highest BCUT2D eigenvalue weighted by Crippen LogP contribution is 2.36. The van der Waals surface area contributed by atoms with Crippen LogP contribution in [-0.2, 0) is 11.4 Å². The summed E-state index contributed by atoms with van der Waals surface area (Å²) in [5.41, 5.74) is 2.11. The van der Waals surface area contributed by atoms with Crippen LogP contribution in [0.15, 0.2) is 51.0 Å². The second kappa shape index (κ2) is 8.60. The van der Waals surface area contributed by atoms with Gasteiger partial charge in [0.05, 0.1) is 13.9 Å². The van der Waals surface area contributed by atoms with Crippen molar-refractivity contribution in [2.45, 2.75) is 6.61 Å². The van der Waals surface area contributed by atoms with Gasteiger partial charge in [-0.15, -0.1) is 0 Å². The van der Waals surface area contributed by atoms with Crippen LogP contribution in [0.1, 0.15) is 11.1 Å². The first-order chi connectivity index (χ1) is 13.7. The van der Waals surface area contributed by atoms with E-state index in [1.807, 2.05) is 12.1 Å². The number of benzene rings is 2. The zero-order valence-electron chi connectivity index (χ0n) is 15.4. The first kappa shape index (κ1) is 21.4. The Morgan fingerprint density at radius 1 is 1.14 bits per heavy atom. The Hall–Kier alpha value is -2.30. The highest BCUT2D eigenvalue weighted by atomic mass is 79.9. The lowest BCUT2D eigenvalue weighted by Crippen LogP contribution is -2.26. The van der Waals surface area contributed by atoms with E-state index in [4.69, 9.17) is 17.0 Å². The minimum atomic E-state index is -0.442. The summed E-state index contributed by atoms with van der Waals surface area (Å²) in [7, 11) is 3.39. The number of nitro groups is 1. The third kappa shape index (κ3) is 4.49. The molecule has 3 rings (SSSR count). The lowest BCUT2D eigenvalue weighted by molar-refractivity contribution is -0.384. The van der Waals surface area contributed by atoms with Crippen molar-refractivity contribution in [1.29, 1.82) is 0 Å². The van der Waals surface area contributed by atoms with Gasteiger partial charge in [-0.2, -0.15) is 0 Å². The Morgan fingerprint density at radius 2 is 1.72 bits per heavy atom. The predicted molar refractivity (Wildman–Crippen MR) is 120 cm³/mol. The van der Waals surface area contributed by atoms with Gasteiger partial charge in [-0.3, -0.25) is 19.8 Å². The Morgan fingerprint density at radius 3 is 2.21 bits per heavy atom. The maximum absolute atomic E-state index is 12.3. The highest BCUT2D eigenvalue weighted by molar-refractivity contribution is 9.11. The normalized spacial score (nSPS) is 15.4. The van der Waals surface area contributed by atoms with Crippen molar-refractivity contribution in [3.05, 3.63) is 72.3 Å². The molecule has 0 bridgehead atoms. The Bertz CT molecular complexity index is 1020. The third-order valence-corrected chi connectivity index (χ3v) is 6.04. The molecule has 7 nitrogen and oxygen atoms in total. The van der Waals surface area contributed by atoms with Crippen molar-refractivity contribution in [1.82, 2.24) is 9.80 Å². The Balaban J connectivity index is 1.79. The molecule has 10 heteroatoms. The smallest absolute Gasteiger partial charge is 0.276 e. The van der Waals surface area contributed by atoms with Crippen LogP contribution in [0.2, 0.25) is 0 Å². The molecule has 1 heterocycles. The third-order valence-electron chi connectivity index (χ3n) is 4.31. The van der Waals surface area contributed by atoms with Crippen molar-refractivity contribution >= 4 is 66.9 Å². The summed E-state index contributed by atoms with van der Waals surface area (Å²) >= 11 is 12.2. The number of nitrogens with zero attached hydrogens (tertiary/aromatic N) is 3. The molecule has 0 saturated carbocycles. The summed E-state index contributed by atoms with van der Waals surface area (Å²) in [5.74, 6) is 0.424. The summed E-state index contributed by atoms with van der Waals surface area (Å²) in [6, 6.07) is 9.86. The van der Waals surface area contributed by atoms with Gasteiger partial charge in [-0.25, -0.2) is 0 Å². The fourth-order valence-electron chi connectivity index (χ4n) is 2.72. The van der Waals surface area contributed by atoms with Crippen molar-refractivity contribution < 1.29 is 14.5 Å². The summed E-state index contributed by atoms with van der Waals surface area (Å²) in [4.78, 5) is 25.7. The van der Waals surface area contributed by atoms with Crippen molar-refractivity contribution in [2.75, 3.05) is 14.1 Å². The number of carbonyl (C=O) groups is 1. The van der Waals surface area contributed by atoms with Gasteiger partial charge in [0.1, 0.15) is 18.1 Å². The van der Waals surface area contributed by atoms with Crippen LogP contribution in [0, 0.1) is 10.1 Å². The zero-order chi connectivity index (χ0) is 21.3. The van der Waals surface area contributed by atoms with Gasteiger partial charge >= 0.3 is 0 Å². The molecule has 29 heavy (non-hydrogen) atoms. The van der Waals surface area contributed by atoms with Crippen molar-refractivity contribution in [3.8, 4) is 5.75 Å². The molecule has 0 spiro atoms. The molecule has 2 aromatic carbocycles. The number of thiocarbonyl (C=S) groups is 1. The van der Waals surface area contributed by atoms with E-state index in [-0.39, 0.29) is 18.2 Å². The number of ether oxygens (including phenoxy) is 1. The SMILES string of the molecule is CN1C(=O)/C(=C/c2cc(Br)c(OCc3ccc([N+](=O)[O-])cc3)c(Br)c2)N(C)C1=S. The molecule has 0 radical (unpaired) electrons. The standard InChI is InChI=1S/C19H15Br2N3O4S/c1-22-16(18(25)23(2)19(22)29)9-12-7-14(20)17(15(21)8-12)28-10-11-3-5-13(6-4-11)24(26)27/h3-9H,10H2,1-2H3/b16-9-. The molecule has 1 fully saturated rings. The largest absolute Gasteiger partial charge is 0.487 e. The number of halogens is 2. The number of hydrogen-bond acceptors (Lipinski definition) is 5. The molecule has 0 aromatic heterocycles. The van der Waals surface area contributed by atoms with Crippen molar-refractivity contribution in [2.24, 2.45) is 0 Å². The second-order valence-electron chi connectivity index (χ2n) is 6.26. The summed E-state index contributed by atoms with van der Waals surface area (Å²) in [6.07, 6.45) is 1.76. The van der Waals surface area contributed by atoms with Gasteiger partial charge in [0, 0.05) is 26.2 Å². The van der Waals surface area contributed by atoms with E-state index in [1.54, 1.807) is 37.2 Å². The molecule has 0 aliphatic carbocycles. The molecule has 2 aromatic rings. The van der Waals surface area contributed by atoms with E-state index in [0.29, 0.717) is 25.5 Å². The maximum Gasteiger partial charge on any atom is 0.276 e. The first-order valence-electron chi connectivity index (χ1n) is 8.31. The van der Waals surface area contributed by atoms with Crippen LogP contribution < -0.4 is 4.74 Å². The Labute approximate surface area is 189 Å². The summed E-state index contributed by atoms with van der Waals surface area (Å²) < 4.78 is 7.26. The first-order valence-corrected chi connectivity index (χ1v) is 10.3. The van der Waals surface area contributed by atoms with Crippen molar-refractivity contribution in [3.63, 3.8) is 0 Å². The molecule has 150 valence electrons. The molecular weight excluding hydrogens is 526 g/mol. The fraction of sp³-hybridized carbons (Fsp3) is 0.158. The average molecular weight is 541 g/mol. The molecule has 1 amide bonds. The minimum Gasteiger partial charge on any atom is -0.487 e. The topological polar surface area (TPSA) is 75.9 Å². The van der Waals surface area contributed by atoms with E-state index in [0.717, 1.165) is 11.1 Å². The van der Waals surface area contributed by atoms with E-state index >= 15 is 0 Å². The minimum absolute atomic E-state index is 0.0325. The number of hydrogen-bond donors (Lipinski definition) is 0. The second-order valence-corrected chi connectivity index (χ2v) is 8.34. The number of amides is 1. The van der Waals surface area contributed by atoms with E-state index < -0.39 is 4.92 Å². The highest BCUT2D eigenvalue weighted by Gasteiger charge is 2.32. The molecule has 1 saturated heterocycles. The quantitative estimate of drug-likeness (QED) is 0.236. The van der Waals surface area contributed by atoms with Gasteiger partial charge in [0.15, 0.2) is 5.11 Å². The molecule has 1 aliphatic heterocycles. The van der Waals surface area contributed by atoms with Gasteiger partial charge < -0.3 is 9.64 Å². The van der Waals surface area contributed by atoms with Gasteiger partial charge in [-0.1, -0.05) is 0 Å². The van der Waals surface area contributed by atoms with Gasteiger partial charge in [-0.05, 0) is 85.5 Å². The Kier molecular flexibility index (Phi) is 6.35. The summed E-state index contributed by atoms with van der Waals surface area (Å²) in [5, 5.41) is 11.2. The van der Waals surface area contributed by atoms with Crippen LogP contribution in [0.4, 0.5) is 5.69 Å². The van der Waals surface area contributed by atoms with E-state index in [2.05, 4.69) is 31.9 Å². The fourth-order valence-corrected chi connectivity index (χ4v) is 4.35. The number of carbonyl (C=O) groups excluding carboxylic acids is 1. The van der Waals surface area contributed by atoms with E-state index in [1.165, 1.54) is 17.0 Å². The number of likely N-dealkylation sites (N-methyl/N-ethyl adjacent to an activating group) is 2. The molecule has 0 unspecified atom stereocenters. The zero-order valence-corrected chi connectivity index (χ0v) is 19.4. The van der Waals surface area contributed by atoms with Gasteiger partial charge in [0.2, 0.25) is 0 Å². The number of rotatable bonds is 5. The van der Waals surface area contributed by atoms with Crippen LogP contribution in [0.3, 0.4) is 0 Å². The molecule has 1 aliphatic rings. The predicted octanol–water partition coefficient (Wildman–Crippen LogP) is 4.73. The van der Waals surface area contributed by atoms with E-state index in [9.17, 15) is 14.9 Å². The van der Waals surface area contributed by atoms with Gasteiger partial charge in [0.25, 0.3) is 11.6 Å².